The molecule has 6 bridgehead atoms. The molecular formula is C20H21N7O. The molecule has 142 valence electrons. The fraction of sp³-hybridized carbons (Fsp3) is 0.250. The number of nitrogens with zero attached hydrogens (tertiary/aromatic N) is 5. The van der Waals surface area contributed by atoms with Gasteiger partial charge in [-0.25, -0.2) is 9.97 Å². The number of hydrogen-bond acceptors (Lipinski definition) is 7. The van der Waals surface area contributed by atoms with Crippen LogP contribution in [0.15, 0.2) is 48.9 Å². The molecule has 1 aliphatic rings. The van der Waals surface area contributed by atoms with E-state index in [0.717, 1.165) is 29.1 Å². The Kier molecular flexibility index (Phi) is 5.20. The normalized spacial score (nSPS) is 15.2. The first kappa shape index (κ1) is 18.0. The van der Waals surface area contributed by atoms with Crippen LogP contribution >= 0.6 is 0 Å². The first-order chi connectivity index (χ1) is 13.7. The maximum Gasteiger partial charge on any atom is 0.230 e. The van der Waals surface area contributed by atoms with Crippen LogP contribution in [0.2, 0.25) is 0 Å². The van der Waals surface area contributed by atoms with Crippen LogP contribution < -0.4 is 10.6 Å². The summed E-state index contributed by atoms with van der Waals surface area (Å²) >= 11 is 0. The number of benzene rings is 1. The molecule has 2 N–H and O–H groups in total. The van der Waals surface area contributed by atoms with E-state index in [2.05, 4.69) is 47.6 Å². The van der Waals surface area contributed by atoms with E-state index in [9.17, 15) is 4.79 Å². The first-order valence-corrected chi connectivity index (χ1v) is 9.11. The molecule has 0 saturated heterocycles. The van der Waals surface area contributed by atoms with E-state index in [-0.39, 0.29) is 5.91 Å². The van der Waals surface area contributed by atoms with E-state index in [1.165, 1.54) is 6.33 Å². The summed E-state index contributed by atoms with van der Waals surface area (Å²) in [5, 5.41) is 6.17. The van der Waals surface area contributed by atoms with Gasteiger partial charge in [0, 0.05) is 37.0 Å². The highest BCUT2D eigenvalue weighted by molar-refractivity contribution is 5.76. The lowest BCUT2D eigenvalue weighted by Gasteiger charge is -2.17. The summed E-state index contributed by atoms with van der Waals surface area (Å²) in [6.45, 7) is 1.78. The Morgan fingerprint density at radius 1 is 1.11 bits per heavy atom. The Bertz CT molecular complexity index is 992. The molecule has 0 fully saturated rings. The lowest BCUT2D eigenvalue weighted by molar-refractivity contribution is -0.121. The number of aromatic nitrogens is 4. The van der Waals surface area contributed by atoms with Gasteiger partial charge in [-0.05, 0) is 36.9 Å². The molecule has 3 heterocycles. The fourth-order valence-electron chi connectivity index (χ4n) is 3.05. The third kappa shape index (κ3) is 4.47. The molecule has 2 aromatic heterocycles. The number of fused-ring (bicyclic) bond motifs is 7. The van der Waals surface area contributed by atoms with Gasteiger partial charge in [0.05, 0.1) is 12.2 Å². The smallest absolute Gasteiger partial charge is 0.230 e. The van der Waals surface area contributed by atoms with Crippen molar-refractivity contribution < 1.29 is 4.79 Å². The Morgan fingerprint density at radius 3 is 2.96 bits per heavy atom. The van der Waals surface area contributed by atoms with Gasteiger partial charge in [-0.2, -0.15) is 4.98 Å². The lowest BCUT2D eigenvalue weighted by Crippen LogP contribution is -2.28. The Hall–Kier alpha value is -3.39. The van der Waals surface area contributed by atoms with Crippen LogP contribution in [0, 0.1) is 0 Å². The van der Waals surface area contributed by atoms with Crippen molar-refractivity contribution in [2.45, 2.75) is 19.5 Å². The maximum atomic E-state index is 12.2. The topological polar surface area (TPSA) is 95.9 Å². The second-order valence-corrected chi connectivity index (χ2v) is 6.76. The zero-order valence-electron chi connectivity index (χ0n) is 15.6. The fourth-order valence-corrected chi connectivity index (χ4v) is 3.05. The van der Waals surface area contributed by atoms with Gasteiger partial charge in [0.1, 0.15) is 6.33 Å². The summed E-state index contributed by atoms with van der Waals surface area (Å²) in [4.78, 5) is 31.6. The monoisotopic (exact) mass is 375 g/mol. The van der Waals surface area contributed by atoms with E-state index >= 15 is 0 Å². The minimum absolute atomic E-state index is 0.00114. The van der Waals surface area contributed by atoms with Crippen molar-refractivity contribution in [3.05, 3.63) is 60.2 Å². The predicted octanol–water partition coefficient (Wildman–Crippen LogP) is 2.13. The van der Waals surface area contributed by atoms with Gasteiger partial charge in [0.15, 0.2) is 5.82 Å². The summed E-state index contributed by atoms with van der Waals surface area (Å²) < 4.78 is 0. The van der Waals surface area contributed by atoms with Gasteiger partial charge in [0.2, 0.25) is 11.9 Å². The van der Waals surface area contributed by atoms with E-state index in [4.69, 9.17) is 0 Å². The highest BCUT2D eigenvalue weighted by Crippen LogP contribution is 2.19. The summed E-state index contributed by atoms with van der Waals surface area (Å²) in [5.41, 5.74) is 3.62. The van der Waals surface area contributed by atoms with Gasteiger partial charge in [-0.1, -0.05) is 12.1 Å². The number of pyridine rings is 1. The van der Waals surface area contributed by atoms with Crippen LogP contribution in [0.1, 0.15) is 17.7 Å². The molecular weight excluding hydrogens is 354 g/mol. The minimum atomic E-state index is 0.00114. The summed E-state index contributed by atoms with van der Waals surface area (Å²) in [7, 11) is 2.00. The van der Waals surface area contributed by atoms with Crippen molar-refractivity contribution in [2.24, 2.45) is 0 Å². The van der Waals surface area contributed by atoms with Crippen LogP contribution in [0.4, 0.5) is 11.6 Å². The van der Waals surface area contributed by atoms with Gasteiger partial charge in [0.25, 0.3) is 0 Å². The molecule has 0 spiro atoms. The molecule has 4 rings (SSSR count). The zero-order valence-corrected chi connectivity index (χ0v) is 15.6. The van der Waals surface area contributed by atoms with E-state index in [1.807, 2.05) is 31.3 Å². The maximum absolute atomic E-state index is 12.2. The number of carbonyl (C=O) groups is 1. The van der Waals surface area contributed by atoms with E-state index < -0.39 is 0 Å². The van der Waals surface area contributed by atoms with Gasteiger partial charge >= 0.3 is 0 Å². The quantitative estimate of drug-likeness (QED) is 0.621. The third-order valence-corrected chi connectivity index (χ3v) is 4.47. The van der Waals surface area contributed by atoms with E-state index in [0.29, 0.717) is 31.3 Å². The number of rotatable bonds is 0. The standard InChI is InChI=1S/C20H21N7O/c1-27-8-6-18(28)22-11-17-10-15(5-7-21-17)19-23-13-24-20(26-19)25-16-4-2-3-14(9-16)12-27/h2-5,7,9-10,13H,6,8,11-12H2,1H3,(H,22,28)(H,23,24,25,26). The minimum Gasteiger partial charge on any atom is -0.350 e. The van der Waals surface area contributed by atoms with Crippen molar-refractivity contribution in [2.75, 3.05) is 18.9 Å². The van der Waals surface area contributed by atoms with Crippen molar-refractivity contribution in [1.29, 1.82) is 0 Å². The van der Waals surface area contributed by atoms with E-state index in [1.54, 1.807) is 6.20 Å². The molecule has 8 nitrogen and oxygen atoms in total. The number of amides is 1. The van der Waals surface area contributed by atoms with Crippen molar-refractivity contribution in [1.82, 2.24) is 30.2 Å². The highest BCUT2D eigenvalue weighted by Gasteiger charge is 2.10. The predicted molar refractivity (Wildman–Crippen MR) is 106 cm³/mol. The molecule has 0 saturated carbocycles. The van der Waals surface area contributed by atoms with Crippen LogP contribution in [0.5, 0.6) is 0 Å². The lowest BCUT2D eigenvalue weighted by atomic mass is 10.2. The molecule has 0 unspecified atom stereocenters. The second-order valence-electron chi connectivity index (χ2n) is 6.76. The summed E-state index contributed by atoms with van der Waals surface area (Å²) in [6.07, 6.45) is 3.61. The largest absolute Gasteiger partial charge is 0.350 e. The molecule has 0 atom stereocenters. The SMILES string of the molecule is CN1CCC(=O)NCc2cc(ccn2)-c2ncnc(n2)Nc2cccc(c2)C1. The molecule has 1 aliphatic heterocycles. The molecule has 0 radical (unpaired) electrons. The number of carbonyl (C=O) groups excluding carboxylic acids is 1. The number of anilines is 2. The zero-order chi connectivity index (χ0) is 19.3. The van der Waals surface area contributed by atoms with Crippen molar-refractivity contribution in [3.63, 3.8) is 0 Å². The van der Waals surface area contributed by atoms with Crippen LogP contribution in [-0.2, 0) is 17.9 Å². The second kappa shape index (κ2) is 8.10. The molecule has 3 aromatic rings. The average molecular weight is 375 g/mol. The summed E-state index contributed by atoms with van der Waals surface area (Å²) in [5.74, 6) is 1.03. The first-order valence-electron chi connectivity index (χ1n) is 9.11. The molecule has 1 amide bonds. The highest BCUT2D eigenvalue weighted by atomic mass is 16.1. The molecule has 1 aromatic carbocycles. The molecule has 28 heavy (non-hydrogen) atoms. The Labute approximate surface area is 163 Å². The van der Waals surface area contributed by atoms with Gasteiger partial charge < -0.3 is 15.5 Å². The van der Waals surface area contributed by atoms with Gasteiger partial charge in [-0.3, -0.25) is 9.78 Å². The average Bonchev–Trinajstić information content (AvgIpc) is 2.71. The Morgan fingerprint density at radius 2 is 2.04 bits per heavy atom. The summed E-state index contributed by atoms with van der Waals surface area (Å²) in [6, 6.07) is 11.8. The van der Waals surface area contributed by atoms with Crippen molar-refractivity contribution in [3.8, 4) is 11.4 Å². The van der Waals surface area contributed by atoms with Crippen LogP contribution in [0.25, 0.3) is 11.4 Å². The Balaban J connectivity index is 1.70. The number of nitrogens with one attached hydrogen (secondary N) is 2. The van der Waals surface area contributed by atoms with Crippen molar-refractivity contribution >= 4 is 17.5 Å². The third-order valence-electron chi connectivity index (χ3n) is 4.47. The molecule has 0 aliphatic carbocycles. The van der Waals surface area contributed by atoms with Gasteiger partial charge in [-0.15, -0.1) is 0 Å². The molecule has 8 heteroatoms. The number of hydrogen-bond donors (Lipinski definition) is 2. The van der Waals surface area contributed by atoms with Crippen LogP contribution in [-0.4, -0.2) is 44.3 Å². The van der Waals surface area contributed by atoms with Crippen LogP contribution in [0.3, 0.4) is 0 Å².